The number of fused-ring (bicyclic) bond motifs is 1. The van der Waals surface area contributed by atoms with Crippen LogP contribution in [0.4, 0.5) is 0 Å². The number of aromatic amines is 1. The van der Waals surface area contributed by atoms with Gasteiger partial charge in [0.25, 0.3) is 5.91 Å². The molecule has 1 amide bonds. The minimum Gasteiger partial charge on any atom is -0.361 e. The Morgan fingerprint density at radius 2 is 2.11 bits per heavy atom. The van der Waals surface area contributed by atoms with Gasteiger partial charge >= 0.3 is 0 Å². The minimum absolute atomic E-state index is 0.172. The van der Waals surface area contributed by atoms with Crippen molar-refractivity contribution in [3.05, 3.63) is 36.0 Å². The highest BCUT2D eigenvalue weighted by molar-refractivity contribution is 5.97. The summed E-state index contributed by atoms with van der Waals surface area (Å²) < 4.78 is 0. The molecule has 1 fully saturated rings. The molecule has 19 heavy (non-hydrogen) atoms. The third-order valence-electron chi connectivity index (χ3n) is 4.28. The zero-order valence-corrected chi connectivity index (χ0v) is 11.4. The van der Waals surface area contributed by atoms with Crippen molar-refractivity contribution in [3.8, 4) is 0 Å². The van der Waals surface area contributed by atoms with Crippen LogP contribution in [0.1, 0.15) is 36.5 Å². The second-order valence-corrected chi connectivity index (χ2v) is 5.42. The van der Waals surface area contributed by atoms with Gasteiger partial charge in [-0.05, 0) is 42.3 Å². The Morgan fingerprint density at radius 3 is 2.84 bits per heavy atom. The van der Waals surface area contributed by atoms with Gasteiger partial charge in [0.2, 0.25) is 0 Å². The highest BCUT2D eigenvalue weighted by atomic mass is 16.2. The maximum absolute atomic E-state index is 12.5. The van der Waals surface area contributed by atoms with Crippen LogP contribution in [0.15, 0.2) is 30.5 Å². The zero-order valence-electron chi connectivity index (χ0n) is 11.4. The van der Waals surface area contributed by atoms with Crippen LogP contribution in [-0.4, -0.2) is 28.9 Å². The van der Waals surface area contributed by atoms with Gasteiger partial charge in [-0.3, -0.25) is 4.79 Å². The highest BCUT2D eigenvalue weighted by Crippen LogP contribution is 2.22. The molecule has 0 atom stereocenters. The normalized spacial score (nSPS) is 17.0. The third-order valence-corrected chi connectivity index (χ3v) is 4.28. The van der Waals surface area contributed by atoms with Crippen molar-refractivity contribution in [2.45, 2.75) is 26.2 Å². The molecule has 3 rings (SSSR count). The summed E-state index contributed by atoms with van der Waals surface area (Å²) in [5, 5.41) is 1.15. The van der Waals surface area contributed by atoms with E-state index < -0.39 is 0 Å². The van der Waals surface area contributed by atoms with Crippen molar-refractivity contribution in [1.82, 2.24) is 9.88 Å². The smallest absolute Gasteiger partial charge is 0.253 e. The maximum Gasteiger partial charge on any atom is 0.253 e. The lowest BCUT2D eigenvalue weighted by Gasteiger charge is -2.31. The van der Waals surface area contributed by atoms with E-state index in [4.69, 9.17) is 0 Å². The number of benzene rings is 1. The average molecular weight is 256 g/mol. The van der Waals surface area contributed by atoms with Crippen LogP contribution in [0.25, 0.3) is 10.9 Å². The SMILES string of the molecule is CCC1CCN(C(=O)c2ccc3cc[nH]c3c2)CC1. The molecular weight excluding hydrogens is 236 g/mol. The maximum atomic E-state index is 12.5. The van der Waals surface area contributed by atoms with Crippen LogP contribution in [0.5, 0.6) is 0 Å². The Morgan fingerprint density at radius 1 is 1.32 bits per heavy atom. The first-order valence-electron chi connectivity index (χ1n) is 7.14. The number of amides is 1. The number of carbonyl (C=O) groups excluding carboxylic acids is 1. The lowest BCUT2D eigenvalue weighted by molar-refractivity contribution is 0.0689. The Kier molecular flexibility index (Phi) is 3.28. The summed E-state index contributed by atoms with van der Waals surface area (Å²) in [7, 11) is 0. The average Bonchev–Trinajstić information content (AvgIpc) is 2.94. The van der Waals surface area contributed by atoms with Gasteiger partial charge < -0.3 is 9.88 Å². The van der Waals surface area contributed by atoms with Gasteiger partial charge in [0.15, 0.2) is 0 Å². The minimum atomic E-state index is 0.172. The van der Waals surface area contributed by atoms with Crippen LogP contribution in [0.2, 0.25) is 0 Å². The van der Waals surface area contributed by atoms with E-state index in [1.54, 1.807) is 0 Å². The summed E-state index contributed by atoms with van der Waals surface area (Å²) in [5.41, 5.74) is 1.83. The fraction of sp³-hybridized carbons (Fsp3) is 0.438. The van der Waals surface area contributed by atoms with Crippen LogP contribution >= 0.6 is 0 Å². The molecule has 3 nitrogen and oxygen atoms in total. The number of H-pyrrole nitrogens is 1. The topological polar surface area (TPSA) is 36.1 Å². The van der Waals surface area contributed by atoms with Crippen LogP contribution in [-0.2, 0) is 0 Å². The first kappa shape index (κ1) is 12.3. The van der Waals surface area contributed by atoms with Crippen LogP contribution in [0.3, 0.4) is 0 Å². The number of aromatic nitrogens is 1. The fourth-order valence-corrected chi connectivity index (χ4v) is 2.91. The van der Waals surface area contributed by atoms with Gasteiger partial charge in [-0.25, -0.2) is 0 Å². The van der Waals surface area contributed by atoms with Crippen molar-refractivity contribution in [2.24, 2.45) is 5.92 Å². The Bertz CT molecular complexity index is 579. The van der Waals surface area contributed by atoms with E-state index in [1.807, 2.05) is 35.4 Å². The third kappa shape index (κ3) is 2.37. The Balaban J connectivity index is 1.76. The molecule has 1 saturated heterocycles. The van der Waals surface area contributed by atoms with Gasteiger partial charge in [-0.15, -0.1) is 0 Å². The van der Waals surface area contributed by atoms with Crippen molar-refractivity contribution in [2.75, 3.05) is 13.1 Å². The molecule has 0 bridgehead atoms. The van der Waals surface area contributed by atoms with Gasteiger partial charge in [0.05, 0.1) is 0 Å². The molecule has 3 heteroatoms. The van der Waals surface area contributed by atoms with E-state index in [0.29, 0.717) is 0 Å². The second-order valence-electron chi connectivity index (χ2n) is 5.42. The Hall–Kier alpha value is -1.77. The summed E-state index contributed by atoms with van der Waals surface area (Å²) in [6.07, 6.45) is 5.43. The molecule has 0 unspecified atom stereocenters. The predicted octanol–water partition coefficient (Wildman–Crippen LogP) is 3.43. The summed E-state index contributed by atoms with van der Waals surface area (Å²) >= 11 is 0. The molecule has 100 valence electrons. The molecule has 0 aliphatic carbocycles. The molecule has 0 radical (unpaired) electrons. The van der Waals surface area contributed by atoms with Gasteiger partial charge in [-0.2, -0.15) is 0 Å². The molecule has 2 heterocycles. The van der Waals surface area contributed by atoms with E-state index in [9.17, 15) is 4.79 Å². The number of hydrogen-bond donors (Lipinski definition) is 1. The number of carbonyl (C=O) groups is 1. The lowest BCUT2D eigenvalue weighted by atomic mass is 9.94. The number of piperidine rings is 1. The summed E-state index contributed by atoms with van der Waals surface area (Å²) in [6.45, 7) is 4.04. The summed E-state index contributed by atoms with van der Waals surface area (Å²) in [5.74, 6) is 0.973. The molecule has 1 aliphatic heterocycles. The number of hydrogen-bond acceptors (Lipinski definition) is 1. The van der Waals surface area contributed by atoms with Gasteiger partial charge in [0.1, 0.15) is 0 Å². The first-order chi connectivity index (χ1) is 9.28. The molecule has 2 aromatic rings. The van der Waals surface area contributed by atoms with E-state index >= 15 is 0 Å². The summed E-state index contributed by atoms with van der Waals surface area (Å²) in [4.78, 5) is 17.6. The lowest BCUT2D eigenvalue weighted by Crippen LogP contribution is -2.38. The van der Waals surface area contributed by atoms with E-state index in [2.05, 4.69) is 11.9 Å². The van der Waals surface area contributed by atoms with E-state index in [0.717, 1.165) is 48.3 Å². The zero-order chi connectivity index (χ0) is 13.2. The second kappa shape index (κ2) is 5.08. The molecule has 1 aromatic carbocycles. The van der Waals surface area contributed by atoms with E-state index in [-0.39, 0.29) is 5.91 Å². The van der Waals surface area contributed by atoms with Gasteiger partial charge in [-0.1, -0.05) is 19.4 Å². The number of nitrogens with zero attached hydrogens (tertiary/aromatic N) is 1. The Labute approximate surface area is 113 Å². The highest BCUT2D eigenvalue weighted by Gasteiger charge is 2.22. The number of nitrogens with one attached hydrogen (secondary N) is 1. The number of likely N-dealkylation sites (tertiary alicyclic amines) is 1. The van der Waals surface area contributed by atoms with Crippen molar-refractivity contribution >= 4 is 16.8 Å². The van der Waals surface area contributed by atoms with Crippen LogP contribution in [0, 0.1) is 5.92 Å². The standard InChI is InChI=1S/C16H20N2O/c1-2-12-6-9-18(10-7-12)16(19)14-4-3-13-5-8-17-15(13)11-14/h3-5,8,11-12,17H,2,6-7,9-10H2,1H3. The van der Waals surface area contributed by atoms with Gasteiger partial charge in [0, 0.05) is 30.4 Å². The molecule has 1 N–H and O–H groups in total. The molecule has 1 aliphatic rings. The summed E-state index contributed by atoms with van der Waals surface area (Å²) in [6, 6.07) is 7.93. The molecular formula is C16H20N2O. The van der Waals surface area contributed by atoms with Crippen LogP contribution < -0.4 is 0 Å². The van der Waals surface area contributed by atoms with Crippen molar-refractivity contribution in [3.63, 3.8) is 0 Å². The van der Waals surface area contributed by atoms with Crippen molar-refractivity contribution < 1.29 is 4.79 Å². The monoisotopic (exact) mass is 256 g/mol. The quantitative estimate of drug-likeness (QED) is 0.878. The van der Waals surface area contributed by atoms with Crippen molar-refractivity contribution in [1.29, 1.82) is 0 Å². The van der Waals surface area contributed by atoms with E-state index in [1.165, 1.54) is 6.42 Å². The fourth-order valence-electron chi connectivity index (χ4n) is 2.91. The number of rotatable bonds is 2. The molecule has 0 spiro atoms. The molecule has 1 aromatic heterocycles. The predicted molar refractivity (Wildman–Crippen MR) is 77.2 cm³/mol. The largest absolute Gasteiger partial charge is 0.361 e. The molecule has 0 saturated carbocycles. The first-order valence-corrected chi connectivity index (χ1v) is 7.14.